The molecule has 1 amide bonds. The Balaban J connectivity index is 1.23. The van der Waals surface area contributed by atoms with E-state index in [1.165, 1.54) is 6.20 Å². The number of aryl methyl sites for hydroxylation is 1. The number of hydrogen-bond acceptors (Lipinski definition) is 9. The topological polar surface area (TPSA) is 130 Å². The minimum atomic E-state index is -0.333. The van der Waals surface area contributed by atoms with E-state index in [1.54, 1.807) is 25.6 Å². The summed E-state index contributed by atoms with van der Waals surface area (Å²) in [7, 11) is 1.54. The zero-order valence-corrected chi connectivity index (χ0v) is 22.5. The fourth-order valence-corrected chi connectivity index (χ4v) is 6.93. The van der Waals surface area contributed by atoms with Crippen molar-refractivity contribution in [1.82, 2.24) is 24.9 Å². The van der Waals surface area contributed by atoms with Crippen LogP contribution in [0.15, 0.2) is 30.7 Å². The average molecular weight is 580 g/mol. The maximum absolute atomic E-state index is 13.4. The van der Waals surface area contributed by atoms with Crippen molar-refractivity contribution in [2.24, 2.45) is 11.3 Å². The van der Waals surface area contributed by atoms with Crippen LogP contribution in [0, 0.1) is 29.6 Å². The first kappa shape index (κ1) is 23.8. The van der Waals surface area contributed by atoms with Crippen molar-refractivity contribution in [1.29, 1.82) is 5.26 Å². The van der Waals surface area contributed by atoms with Crippen molar-refractivity contribution in [3.8, 4) is 22.9 Å². The number of rotatable bonds is 5. The summed E-state index contributed by atoms with van der Waals surface area (Å²) in [5, 5.41) is 12.3. The van der Waals surface area contributed by atoms with Crippen LogP contribution in [-0.2, 0) is 0 Å². The Bertz CT molecular complexity index is 1590. The first-order chi connectivity index (χ1) is 17.9. The van der Waals surface area contributed by atoms with E-state index in [0.29, 0.717) is 43.7 Å². The van der Waals surface area contributed by atoms with Crippen LogP contribution < -0.4 is 15.0 Å². The monoisotopic (exact) mass is 580 g/mol. The van der Waals surface area contributed by atoms with Gasteiger partial charge in [0, 0.05) is 0 Å². The molecule has 2 aliphatic rings. The SMILES string of the molecule is COc1cnc(Cl)cc1-c1cc(C)ncc1C(=O)Nc1nc2cnc(N3CC4(CC(C#N)C4)C3)nc2[se]1. The molecule has 1 aliphatic carbocycles. The number of carbonyl (C=O) groups excluding carboxylic acids is 1. The molecular formula is C25H21ClN8O2Se. The number of methoxy groups -OCH3 is 1. The summed E-state index contributed by atoms with van der Waals surface area (Å²) >= 11 is 5.87. The maximum atomic E-state index is 13.4. The summed E-state index contributed by atoms with van der Waals surface area (Å²) < 4.78 is 6.85. The van der Waals surface area contributed by atoms with Crippen LogP contribution in [0.3, 0.4) is 0 Å². The molecule has 2 fully saturated rings. The third kappa shape index (κ3) is 4.31. The molecule has 5 heterocycles. The normalized spacial score (nSPS) is 16.2. The number of aromatic nitrogens is 5. The zero-order valence-electron chi connectivity index (χ0n) is 20.0. The number of anilines is 2. The third-order valence-corrected chi connectivity index (χ3v) is 8.92. The van der Waals surface area contributed by atoms with Crippen molar-refractivity contribution < 1.29 is 9.53 Å². The van der Waals surface area contributed by atoms with Gasteiger partial charge in [0.1, 0.15) is 0 Å². The number of halogens is 1. The Labute approximate surface area is 223 Å². The van der Waals surface area contributed by atoms with Crippen molar-refractivity contribution in [2.45, 2.75) is 19.8 Å². The summed E-state index contributed by atoms with van der Waals surface area (Å²) in [5.74, 6) is 1.04. The van der Waals surface area contributed by atoms with E-state index in [-0.39, 0.29) is 31.7 Å². The van der Waals surface area contributed by atoms with Gasteiger partial charge in [-0.25, -0.2) is 0 Å². The Morgan fingerprint density at radius 3 is 2.76 bits per heavy atom. The second-order valence-corrected chi connectivity index (χ2v) is 11.9. The molecule has 4 aromatic rings. The van der Waals surface area contributed by atoms with Crippen molar-refractivity contribution in [3.05, 3.63) is 47.1 Å². The first-order valence-electron chi connectivity index (χ1n) is 11.6. The standard InChI is InChI=1S/C25H21ClN8O2Se/c1-13-3-15(16-4-20(26)29-10-19(16)36-2)17(8-28-13)21(35)32-24-31-18-9-30-23(33-22(18)37-24)34-11-25(12-34)5-14(6-25)7-27/h3-4,8-10,14H,5-6,11-12H2,1-2H3,(H,31,32,35). The summed E-state index contributed by atoms with van der Waals surface area (Å²) in [5.41, 5.74) is 3.33. The van der Waals surface area contributed by atoms with Gasteiger partial charge in [-0.1, -0.05) is 0 Å². The van der Waals surface area contributed by atoms with Crippen molar-refractivity contribution in [3.63, 3.8) is 0 Å². The summed E-state index contributed by atoms with van der Waals surface area (Å²) in [6, 6.07) is 5.84. The molecule has 1 aliphatic heterocycles. The number of nitrogens with one attached hydrogen (secondary N) is 1. The van der Waals surface area contributed by atoms with Crippen LogP contribution >= 0.6 is 11.6 Å². The van der Waals surface area contributed by atoms with Gasteiger partial charge in [0.25, 0.3) is 0 Å². The third-order valence-electron chi connectivity index (χ3n) is 6.86. The molecule has 0 bridgehead atoms. The molecule has 1 saturated heterocycles. The van der Waals surface area contributed by atoms with Crippen molar-refractivity contribution >= 4 is 52.6 Å². The Hall–Kier alpha value is -3.58. The zero-order chi connectivity index (χ0) is 25.7. The second-order valence-electron chi connectivity index (χ2n) is 9.50. The van der Waals surface area contributed by atoms with Gasteiger partial charge >= 0.3 is 224 Å². The predicted octanol–water partition coefficient (Wildman–Crippen LogP) is 3.50. The predicted molar refractivity (Wildman–Crippen MR) is 139 cm³/mol. The number of ether oxygens (including phenoxy) is 1. The molecule has 0 atom stereocenters. The number of amides is 1. The molecule has 0 radical (unpaired) electrons. The number of hydrogen-bond donors (Lipinski definition) is 1. The van der Waals surface area contributed by atoms with Gasteiger partial charge in [0.2, 0.25) is 0 Å². The van der Waals surface area contributed by atoms with E-state index in [2.05, 4.69) is 36.2 Å². The molecule has 1 N–H and O–H groups in total. The van der Waals surface area contributed by atoms with Crippen LogP contribution in [0.25, 0.3) is 21.0 Å². The number of carbonyl (C=O) groups is 1. The average Bonchev–Trinajstić information content (AvgIpc) is 3.24. The summed E-state index contributed by atoms with van der Waals surface area (Å²) in [6.45, 7) is 3.62. The van der Waals surface area contributed by atoms with Crippen LogP contribution in [0.2, 0.25) is 5.15 Å². The minimum absolute atomic E-state index is 0.187. The van der Waals surface area contributed by atoms with Gasteiger partial charge in [-0.15, -0.1) is 0 Å². The van der Waals surface area contributed by atoms with E-state index < -0.39 is 0 Å². The quantitative estimate of drug-likeness (QED) is 0.279. The second kappa shape index (κ2) is 9.06. The molecule has 6 rings (SSSR count). The molecule has 186 valence electrons. The Kier molecular flexibility index (Phi) is 5.83. The summed E-state index contributed by atoms with van der Waals surface area (Å²) in [4.78, 5) is 37.7. The van der Waals surface area contributed by atoms with Gasteiger partial charge < -0.3 is 0 Å². The van der Waals surface area contributed by atoms with E-state index >= 15 is 0 Å². The van der Waals surface area contributed by atoms with Gasteiger partial charge in [0.05, 0.1) is 0 Å². The van der Waals surface area contributed by atoms with Crippen molar-refractivity contribution in [2.75, 3.05) is 30.4 Å². The van der Waals surface area contributed by atoms with Crippen LogP contribution in [0.4, 0.5) is 10.6 Å². The van der Waals surface area contributed by atoms with E-state index in [9.17, 15) is 4.79 Å². The van der Waals surface area contributed by atoms with Gasteiger partial charge in [-0.05, 0) is 0 Å². The molecule has 10 nitrogen and oxygen atoms in total. The number of pyridine rings is 2. The molecule has 12 heteroatoms. The Morgan fingerprint density at radius 2 is 2.00 bits per heavy atom. The molecular weight excluding hydrogens is 559 g/mol. The van der Waals surface area contributed by atoms with Crippen LogP contribution in [0.5, 0.6) is 5.75 Å². The number of fused-ring (bicyclic) bond motifs is 1. The number of nitriles is 1. The fourth-order valence-electron chi connectivity index (χ4n) is 5.09. The van der Waals surface area contributed by atoms with Gasteiger partial charge in [0.15, 0.2) is 0 Å². The molecule has 1 saturated carbocycles. The van der Waals surface area contributed by atoms with E-state index in [1.807, 2.05) is 13.0 Å². The molecule has 1 spiro atoms. The van der Waals surface area contributed by atoms with Gasteiger partial charge in [-0.2, -0.15) is 0 Å². The fraction of sp³-hybridized carbons (Fsp3) is 0.320. The Morgan fingerprint density at radius 1 is 1.19 bits per heavy atom. The van der Waals surface area contributed by atoms with Crippen LogP contribution in [0.1, 0.15) is 28.9 Å². The molecule has 4 aromatic heterocycles. The van der Waals surface area contributed by atoms with E-state index in [0.717, 1.165) is 36.0 Å². The number of nitrogens with zero attached hydrogens (tertiary/aromatic N) is 7. The first-order valence-corrected chi connectivity index (χ1v) is 13.7. The van der Waals surface area contributed by atoms with Crippen LogP contribution in [-0.4, -0.2) is 65.5 Å². The summed E-state index contributed by atoms with van der Waals surface area (Å²) in [6.07, 6.45) is 6.70. The van der Waals surface area contributed by atoms with E-state index in [4.69, 9.17) is 26.6 Å². The van der Waals surface area contributed by atoms with Gasteiger partial charge in [-0.3, -0.25) is 0 Å². The molecule has 0 aromatic carbocycles. The molecule has 37 heavy (non-hydrogen) atoms. The molecule has 0 unspecified atom stereocenters.